The van der Waals surface area contributed by atoms with E-state index in [-0.39, 0.29) is 41.4 Å². The fourth-order valence-corrected chi connectivity index (χ4v) is 5.63. The Morgan fingerprint density at radius 1 is 0.971 bits per heavy atom. The predicted molar refractivity (Wildman–Crippen MR) is 131 cm³/mol. The fraction of sp³-hybridized carbons (Fsp3) is 0.808. The highest BCUT2D eigenvalue weighted by Gasteiger charge is 2.50. The molecule has 0 aromatic heterocycles. The van der Waals surface area contributed by atoms with Crippen molar-refractivity contribution >= 4 is 29.4 Å². The van der Waals surface area contributed by atoms with Crippen LogP contribution in [0.2, 0.25) is 0 Å². The van der Waals surface area contributed by atoms with Gasteiger partial charge >= 0.3 is 0 Å². The summed E-state index contributed by atoms with van der Waals surface area (Å²) in [7, 11) is 0. The van der Waals surface area contributed by atoms with Crippen molar-refractivity contribution in [1.29, 1.82) is 0 Å². The minimum absolute atomic E-state index is 0.0568. The number of carbonyl (C=O) groups excluding carboxylic acids is 5. The molecule has 9 heteroatoms. The summed E-state index contributed by atoms with van der Waals surface area (Å²) < 4.78 is 0. The Kier molecular flexibility index (Phi) is 8.59. The van der Waals surface area contributed by atoms with Crippen LogP contribution < -0.4 is 16.4 Å². The van der Waals surface area contributed by atoms with Crippen molar-refractivity contribution in [3.8, 4) is 0 Å². The van der Waals surface area contributed by atoms with Gasteiger partial charge in [-0.25, -0.2) is 0 Å². The number of nitrogens with zero attached hydrogens (tertiary/aromatic N) is 1. The molecule has 0 aromatic rings. The molecule has 4 amide bonds. The molecule has 2 saturated carbocycles. The normalized spacial score (nSPS) is 26.3. The molecule has 3 rings (SSSR count). The van der Waals surface area contributed by atoms with Crippen LogP contribution in [0.1, 0.15) is 73.1 Å². The zero-order valence-corrected chi connectivity index (χ0v) is 21.7. The van der Waals surface area contributed by atoms with Crippen LogP contribution >= 0.6 is 0 Å². The van der Waals surface area contributed by atoms with Crippen molar-refractivity contribution in [3.05, 3.63) is 0 Å². The number of Topliss-reactive ketones (excluding diaryl/α,β-unsaturated/α-hetero) is 1. The number of carbonyl (C=O) groups is 5. The molecule has 3 fully saturated rings. The van der Waals surface area contributed by atoms with Crippen LogP contribution in [0.15, 0.2) is 0 Å². The second-order valence-corrected chi connectivity index (χ2v) is 11.5. The number of hydrogen-bond acceptors (Lipinski definition) is 5. The summed E-state index contributed by atoms with van der Waals surface area (Å²) in [5, 5.41) is 5.73. The van der Waals surface area contributed by atoms with E-state index in [1.165, 1.54) is 0 Å². The minimum Gasteiger partial charge on any atom is -0.363 e. The maximum atomic E-state index is 13.9. The lowest BCUT2D eigenvalue weighted by molar-refractivity contribution is -0.146. The smallest absolute Gasteiger partial charge is 0.287 e. The van der Waals surface area contributed by atoms with Crippen molar-refractivity contribution in [3.63, 3.8) is 0 Å². The van der Waals surface area contributed by atoms with Crippen LogP contribution in [0, 0.1) is 35.5 Å². The number of likely N-dealkylation sites (tertiary alicyclic amines) is 1. The molecule has 2 aliphatic carbocycles. The maximum Gasteiger partial charge on any atom is 0.287 e. The summed E-state index contributed by atoms with van der Waals surface area (Å²) in [6, 6.07) is -2.42. The lowest BCUT2D eigenvalue weighted by Crippen LogP contribution is -2.60. The van der Waals surface area contributed by atoms with Gasteiger partial charge in [0.05, 0.1) is 6.04 Å². The Morgan fingerprint density at radius 3 is 2.06 bits per heavy atom. The summed E-state index contributed by atoms with van der Waals surface area (Å²) >= 11 is 0. The topological polar surface area (TPSA) is 139 Å². The Labute approximate surface area is 208 Å². The van der Waals surface area contributed by atoms with Gasteiger partial charge in [0.25, 0.3) is 5.91 Å². The first kappa shape index (κ1) is 27.1. The molecule has 1 unspecified atom stereocenters. The van der Waals surface area contributed by atoms with Gasteiger partial charge in [-0.2, -0.15) is 0 Å². The molecule has 196 valence electrons. The third-order valence-electron chi connectivity index (χ3n) is 8.01. The number of rotatable bonds is 11. The van der Waals surface area contributed by atoms with E-state index in [1.54, 1.807) is 18.7 Å². The molecule has 1 heterocycles. The van der Waals surface area contributed by atoms with Gasteiger partial charge in [0.2, 0.25) is 23.5 Å². The highest BCUT2D eigenvalue weighted by molar-refractivity contribution is 6.37. The monoisotopic (exact) mass is 490 g/mol. The molecule has 0 aromatic carbocycles. The van der Waals surface area contributed by atoms with Gasteiger partial charge < -0.3 is 21.3 Å². The molecule has 35 heavy (non-hydrogen) atoms. The highest BCUT2D eigenvalue weighted by atomic mass is 16.2. The van der Waals surface area contributed by atoms with Crippen LogP contribution in [0.4, 0.5) is 0 Å². The first-order valence-corrected chi connectivity index (χ1v) is 13.2. The summed E-state index contributed by atoms with van der Waals surface area (Å²) in [4.78, 5) is 65.8. The molecule has 3 aliphatic rings. The molecule has 9 nitrogen and oxygen atoms in total. The molecule has 1 aliphatic heterocycles. The zero-order chi connectivity index (χ0) is 26.0. The fourth-order valence-electron chi connectivity index (χ4n) is 5.63. The summed E-state index contributed by atoms with van der Waals surface area (Å²) in [6.07, 6.45) is 5.02. The summed E-state index contributed by atoms with van der Waals surface area (Å²) in [5.74, 6) is -2.56. The quantitative estimate of drug-likeness (QED) is 0.376. The van der Waals surface area contributed by atoms with E-state index in [4.69, 9.17) is 5.73 Å². The number of ketones is 1. The molecular formula is C26H42N4O5. The third kappa shape index (κ3) is 6.22. The Balaban J connectivity index is 1.86. The predicted octanol–water partition coefficient (Wildman–Crippen LogP) is 1.39. The lowest BCUT2D eigenvalue weighted by Gasteiger charge is -2.38. The van der Waals surface area contributed by atoms with Gasteiger partial charge in [-0.05, 0) is 48.9 Å². The SMILES string of the molecule is CC(C)C(=O)N[C@H](C(=O)N1C[C@H](C)[C@H](C(C)C)[C@H]1C(=O)NC(CC1CC1)C(=O)C(N)=O)C1CCC1. The second kappa shape index (κ2) is 11.1. The van der Waals surface area contributed by atoms with Crippen molar-refractivity contribution in [2.75, 3.05) is 6.54 Å². The molecule has 0 radical (unpaired) electrons. The van der Waals surface area contributed by atoms with E-state index < -0.39 is 35.7 Å². The Hall–Kier alpha value is -2.45. The molecule has 1 saturated heterocycles. The van der Waals surface area contributed by atoms with Gasteiger partial charge in [-0.15, -0.1) is 0 Å². The number of hydrogen-bond donors (Lipinski definition) is 3. The Morgan fingerprint density at radius 2 is 1.60 bits per heavy atom. The highest BCUT2D eigenvalue weighted by Crippen LogP contribution is 2.39. The number of nitrogens with one attached hydrogen (secondary N) is 2. The van der Waals surface area contributed by atoms with E-state index >= 15 is 0 Å². The van der Waals surface area contributed by atoms with E-state index in [9.17, 15) is 24.0 Å². The largest absolute Gasteiger partial charge is 0.363 e. The second-order valence-electron chi connectivity index (χ2n) is 11.5. The van der Waals surface area contributed by atoms with Crippen molar-refractivity contribution in [2.24, 2.45) is 41.2 Å². The van der Waals surface area contributed by atoms with Gasteiger partial charge in [0, 0.05) is 12.5 Å². The average Bonchev–Trinajstić information content (AvgIpc) is 3.48. The van der Waals surface area contributed by atoms with Crippen LogP contribution in [-0.2, 0) is 24.0 Å². The molecule has 0 spiro atoms. The van der Waals surface area contributed by atoms with Gasteiger partial charge in [-0.3, -0.25) is 24.0 Å². The van der Waals surface area contributed by atoms with Crippen LogP contribution in [0.3, 0.4) is 0 Å². The average molecular weight is 491 g/mol. The van der Waals surface area contributed by atoms with E-state index in [0.717, 1.165) is 32.1 Å². The van der Waals surface area contributed by atoms with Gasteiger partial charge in [0.15, 0.2) is 0 Å². The molecule has 0 bridgehead atoms. The number of nitrogens with two attached hydrogens (primary N) is 1. The van der Waals surface area contributed by atoms with Crippen molar-refractivity contribution in [2.45, 2.75) is 91.3 Å². The first-order chi connectivity index (χ1) is 16.4. The van der Waals surface area contributed by atoms with Crippen LogP contribution in [0.25, 0.3) is 0 Å². The summed E-state index contributed by atoms with van der Waals surface area (Å²) in [5.41, 5.74) is 5.26. The molecule has 4 N–H and O–H groups in total. The van der Waals surface area contributed by atoms with E-state index in [1.807, 2.05) is 20.8 Å². The number of amides is 4. The van der Waals surface area contributed by atoms with Crippen LogP contribution in [0.5, 0.6) is 0 Å². The van der Waals surface area contributed by atoms with Crippen molar-refractivity contribution in [1.82, 2.24) is 15.5 Å². The van der Waals surface area contributed by atoms with Crippen molar-refractivity contribution < 1.29 is 24.0 Å². The lowest BCUT2D eigenvalue weighted by atomic mass is 9.78. The minimum atomic E-state index is -1.06. The van der Waals surface area contributed by atoms with E-state index in [0.29, 0.717) is 18.9 Å². The molecular weight excluding hydrogens is 448 g/mol. The zero-order valence-electron chi connectivity index (χ0n) is 21.7. The van der Waals surface area contributed by atoms with Gasteiger partial charge in [-0.1, -0.05) is 53.9 Å². The Bertz CT molecular complexity index is 849. The third-order valence-corrected chi connectivity index (χ3v) is 8.01. The number of primary amides is 1. The standard InChI is InChI=1S/C26H42N4O5/c1-13(2)19-15(5)12-30(26(35)20(17-7-6-8-17)29-24(33)14(3)4)21(19)25(34)28-18(11-16-9-10-16)22(31)23(27)32/h13-21H,6-12H2,1-5H3,(H2,27,32)(H,28,34)(H,29,33)/t15-,18?,19-,20-,21-/m0/s1. The first-order valence-electron chi connectivity index (χ1n) is 13.2. The molecule has 5 atom stereocenters. The van der Waals surface area contributed by atoms with Crippen LogP contribution in [-0.4, -0.2) is 59.0 Å². The summed E-state index contributed by atoms with van der Waals surface area (Å²) in [6.45, 7) is 10.1. The van der Waals surface area contributed by atoms with Gasteiger partial charge in [0.1, 0.15) is 12.1 Å². The maximum absolute atomic E-state index is 13.9. The van der Waals surface area contributed by atoms with E-state index in [2.05, 4.69) is 10.6 Å².